The van der Waals surface area contributed by atoms with Crippen LogP contribution in [0.2, 0.25) is 0 Å². The summed E-state index contributed by atoms with van der Waals surface area (Å²) in [7, 11) is 0. The van der Waals surface area contributed by atoms with E-state index in [-0.39, 0.29) is 0 Å². The van der Waals surface area contributed by atoms with E-state index in [0.29, 0.717) is 5.75 Å². The zero-order valence-corrected chi connectivity index (χ0v) is 6.54. The van der Waals surface area contributed by atoms with Gasteiger partial charge in [0.15, 0.2) is 4.91 Å². The molecular weight excluding hydrogens is 160 g/mol. The molecule has 3 nitrogen and oxygen atoms in total. The van der Waals surface area contributed by atoms with Gasteiger partial charge in [-0.3, -0.25) is 0 Å². The molecule has 2 aliphatic rings. The molecule has 0 aromatic rings. The first-order valence-corrected chi connectivity index (χ1v) is 4.56. The quantitative estimate of drug-likeness (QED) is 0.503. The maximum absolute atomic E-state index is 11.2. The minimum atomic E-state index is -0.887. The summed E-state index contributed by atoms with van der Waals surface area (Å²) in [6.45, 7) is 0. The number of hydrogen-bond donors (Lipinski definition) is 0. The zero-order valence-electron chi connectivity index (χ0n) is 5.73. The van der Waals surface area contributed by atoms with Crippen molar-refractivity contribution in [3.8, 4) is 0 Å². The van der Waals surface area contributed by atoms with Crippen LogP contribution in [0.5, 0.6) is 0 Å². The van der Waals surface area contributed by atoms with Gasteiger partial charge in [-0.05, 0) is 29.4 Å². The number of fused-ring (bicyclic) bond motifs is 1. The molecule has 1 atom stereocenters. The third-order valence-corrected chi connectivity index (χ3v) is 2.80. The van der Waals surface area contributed by atoms with Gasteiger partial charge in [-0.2, -0.15) is 5.11 Å². The molecule has 4 heteroatoms. The minimum Gasteiger partial charge on any atom is -0.611 e. The molecule has 11 heavy (non-hydrogen) atoms. The number of rotatable bonds is 0. The molecule has 0 saturated heterocycles. The van der Waals surface area contributed by atoms with Gasteiger partial charge in [0.05, 0.1) is 0 Å². The predicted molar refractivity (Wildman–Crippen MR) is 43.2 cm³/mol. The standard InChI is InChI=1S/C7H6N2OS/c10-11-5-3-6-7(11)2-1-4-8-9-6/h1-4H,5H2. The Labute approximate surface area is 67.4 Å². The maximum Gasteiger partial charge on any atom is 0.180 e. The van der Waals surface area contributed by atoms with Crippen LogP contribution in [0, 0.1) is 0 Å². The van der Waals surface area contributed by atoms with Crippen LogP contribution in [-0.2, 0) is 11.2 Å². The fourth-order valence-electron chi connectivity index (χ4n) is 0.977. The lowest BCUT2D eigenvalue weighted by atomic mass is 10.4. The van der Waals surface area contributed by atoms with Crippen LogP contribution in [0.25, 0.3) is 0 Å². The molecular formula is C7H6N2OS. The fourth-order valence-corrected chi connectivity index (χ4v) is 2.05. The van der Waals surface area contributed by atoms with E-state index >= 15 is 0 Å². The molecule has 0 N–H and O–H groups in total. The van der Waals surface area contributed by atoms with Crippen molar-refractivity contribution in [1.29, 1.82) is 0 Å². The highest BCUT2D eigenvalue weighted by Crippen LogP contribution is 2.27. The molecule has 0 saturated carbocycles. The molecule has 0 aromatic carbocycles. The van der Waals surface area contributed by atoms with Gasteiger partial charge in [-0.1, -0.05) is 0 Å². The van der Waals surface area contributed by atoms with Crippen LogP contribution < -0.4 is 0 Å². The Morgan fingerprint density at radius 2 is 2.45 bits per heavy atom. The van der Waals surface area contributed by atoms with Gasteiger partial charge in [-0.25, -0.2) is 0 Å². The van der Waals surface area contributed by atoms with Crippen molar-refractivity contribution in [2.24, 2.45) is 10.2 Å². The Hall–Kier alpha value is -0.870. The summed E-state index contributed by atoms with van der Waals surface area (Å²) in [5, 5.41) is 7.61. The Kier molecular flexibility index (Phi) is 1.63. The van der Waals surface area contributed by atoms with Gasteiger partial charge in [0.25, 0.3) is 0 Å². The molecule has 0 radical (unpaired) electrons. The van der Waals surface area contributed by atoms with Crippen LogP contribution in [0.3, 0.4) is 0 Å². The first-order valence-electron chi connectivity index (χ1n) is 3.24. The van der Waals surface area contributed by atoms with Crippen LogP contribution in [0.1, 0.15) is 0 Å². The molecule has 1 unspecified atom stereocenters. The van der Waals surface area contributed by atoms with E-state index in [1.165, 1.54) is 0 Å². The van der Waals surface area contributed by atoms with Crippen molar-refractivity contribution in [1.82, 2.24) is 0 Å². The van der Waals surface area contributed by atoms with E-state index in [2.05, 4.69) is 10.2 Å². The normalized spacial score (nSPS) is 27.5. The van der Waals surface area contributed by atoms with E-state index in [1.807, 2.05) is 6.08 Å². The number of nitrogens with zero attached hydrogens (tertiary/aromatic N) is 2. The Morgan fingerprint density at radius 3 is 3.36 bits per heavy atom. The summed E-state index contributed by atoms with van der Waals surface area (Å²) in [5.41, 5.74) is 0.758. The smallest absolute Gasteiger partial charge is 0.180 e. The molecule has 0 fully saturated rings. The average molecular weight is 166 g/mol. The van der Waals surface area contributed by atoms with Crippen molar-refractivity contribution in [2.45, 2.75) is 0 Å². The zero-order chi connectivity index (χ0) is 7.68. The van der Waals surface area contributed by atoms with Crippen LogP contribution >= 0.6 is 0 Å². The lowest BCUT2D eigenvalue weighted by Crippen LogP contribution is -2.00. The van der Waals surface area contributed by atoms with Gasteiger partial charge in [-0.15, -0.1) is 5.11 Å². The topological polar surface area (TPSA) is 47.8 Å². The summed E-state index contributed by atoms with van der Waals surface area (Å²) in [5.74, 6) is 0.577. The molecule has 2 aliphatic heterocycles. The van der Waals surface area contributed by atoms with E-state index in [4.69, 9.17) is 0 Å². The average Bonchev–Trinajstić information content (AvgIpc) is 2.25. The first kappa shape index (κ1) is 6.82. The van der Waals surface area contributed by atoms with E-state index in [9.17, 15) is 4.55 Å². The second-order valence-corrected chi connectivity index (χ2v) is 3.65. The summed E-state index contributed by atoms with van der Waals surface area (Å²) in [6.07, 6.45) is 6.99. The number of hydrogen-bond acceptors (Lipinski definition) is 3. The van der Waals surface area contributed by atoms with Crippen molar-refractivity contribution < 1.29 is 4.55 Å². The van der Waals surface area contributed by atoms with Crippen LogP contribution in [0.4, 0.5) is 0 Å². The fraction of sp³-hybridized carbons (Fsp3) is 0.143. The third kappa shape index (κ3) is 1.15. The van der Waals surface area contributed by atoms with E-state index in [0.717, 1.165) is 10.6 Å². The SMILES string of the molecule is [O-][S+]1CC=C2N=NC=CC=C21. The molecule has 0 amide bonds. The highest BCUT2D eigenvalue weighted by Gasteiger charge is 2.25. The molecule has 0 aliphatic carbocycles. The summed E-state index contributed by atoms with van der Waals surface area (Å²) < 4.78 is 11.2. The summed E-state index contributed by atoms with van der Waals surface area (Å²) in [4.78, 5) is 0.794. The monoisotopic (exact) mass is 166 g/mol. The first-order chi connectivity index (χ1) is 5.38. The predicted octanol–water partition coefficient (Wildman–Crippen LogP) is 1.50. The Morgan fingerprint density at radius 1 is 1.55 bits per heavy atom. The highest BCUT2D eigenvalue weighted by molar-refractivity contribution is 7.96. The van der Waals surface area contributed by atoms with Gasteiger partial charge in [0.1, 0.15) is 11.4 Å². The Balaban J connectivity index is 2.41. The van der Waals surface area contributed by atoms with Crippen molar-refractivity contribution >= 4 is 11.2 Å². The molecule has 0 bridgehead atoms. The molecule has 2 heterocycles. The van der Waals surface area contributed by atoms with E-state index in [1.54, 1.807) is 18.4 Å². The van der Waals surface area contributed by atoms with Crippen LogP contribution in [0.15, 0.2) is 45.3 Å². The van der Waals surface area contributed by atoms with Gasteiger partial charge >= 0.3 is 0 Å². The van der Waals surface area contributed by atoms with Gasteiger partial charge in [0, 0.05) is 6.20 Å². The molecule has 0 spiro atoms. The van der Waals surface area contributed by atoms with Crippen molar-refractivity contribution in [2.75, 3.05) is 5.75 Å². The van der Waals surface area contributed by atoms with Crippen LogP contribution in [-0.4, -0.2) is 10.3 Å². The molecule has 0 aromatic heterocycles. The minimum absolute atomic E-state index is 0.577. The second-order valence-electron chi connectivity index (χ2n) is 2.19. The van der Waals surface area contributed by atoms with Gasteiger partial charge < -0.3 is 4.55 Å². The second kappa shape index (κ2) is 2.64. The maximum atomic E-state index is 11.2. The van der Waals surface area contributed by atoms with E-state index < -0.39 is 11.2 Å². The Bertz CT molecular complexity index is 291. The highest BCUT2D eigenvalue weighted by atomic mass is 32.2. The lowest BCUT2D eigenvalue weighted by Gasteiger charge is -2.02. The summed E-state index contributed by atoms with van der Waals surface area (Å²) in [6, 6.07) is 0. The van der Waals surface area contributed by atoms with Gasteiger partial charge in [0.2, 0.25) is 0 Å². The number of allylic oxidation sites excluding steroid dienone is 2. The lowest BCUT2D eigenvalue weighted by molar-refractivity contribution is 0.605. The summed E-state index contributed by atoms with van der Waals surface area (Å²) >= 11 is -0.887. The van der Waals surface area contributed by atoms with Crippen molar-refractivity contribution in [3.05, 3.63) is 35.0 Å². The third-order valence-electron chi connectivity index (χ3n) is 1.49. The molecule has 56 valence electrons. The largest absolute Gasteiger partial charge is 0.611 e. The molecule has 2 rings (SSSR count). The van der Waals surface area contributed by atoms with Crippen molar-refractivity contribution in [3.63, 3.8) is 0 Å². The number of azo groups is 1.